The van der Waals surface area contributed by atoms with Crippen LogP contribution in [0.5, 0.6) is 0 Å². The van der Waals surface area contributed by atoms with Gasteiger partial charge in [0.1, 0.15) is 5.78 Å². The smallest absolute Gasteiger partial charge is 0.132 e. The fraction of sp³-hybridized carbons (Fsp3) is 0.462. The molecular formula is C13H19OP. The summed E-state index contributed by atoms with van der Waals surface area (Å²) in [7, 11) is 2.70. The number of Topliss-reactive ketones (excluding diaryl/α,β-unsaturated/α-hetero) is 1. The van der Waals surface area contributed by atoms with E-state index in [0.717, 1.165) is 25.4 Å². The van der Waals surface area contributed by atoms with Gasteiger partial charge in [-0.15, -0.1) is 9.24 Å². The predicted octanol–water partition coefficient (Wildman–Crippen LogP) is 3.09. The fourth-order valence-corrected chi connectivity index (χ4v) is 2.14. The largest absolute Gasteiger partial charge is 0.300 e. The van der Waals surface area contributed by atoms with Gasteiger partial charge in [0, 0.05) is 5.92 Å². The van der Waals surface area contributed by atoms with Crippen LogP contribution in [0.2, 0.25) is 0 Å². The van der Waals surface area contributed by atoms with Crippen LogP contribution < -0.4 is 0 Å². The van der Waals surface area contributed by atoms with Crippen molar-refractivity contribution in [3.05, 3.63) is 35.9 Å². The van der Waals surface area contributed by atoms with Crippen molar-refractivity contribution in [2.45, 2.75) is 26.2 Å². The van der Waals surface area contributed by atoms with Gasteiger partial charge in [-0.05, 0) is 37.9 Å². The minimum Gasteiger partial charge on any atom is -0.300 e. The second kappa shape index (κ2) is 6.74. The molecule has 0 aliphatic heterocycles. The second-order valence-electron chi connectivity index (χ2n) is 3.91. The van der Waals surface area contributed by atoms with E-state index in [1.54, 1.807) is 6.92 Å². The molecule has 0 N–H and O–H groups in total. The fourth-order valence-electron chi connectivity index (χ4n) is 1.74. The van der Waals surface area contributed by atoms with Crippen molar-refractivity contribution in [3.63, 3.8) is 0 Å². The molecule has 0 saturated heterocycles. The van der Waals surface area contributed by atoms with Crippen LogP contribution in [0.3, 0.4) is 0 Å². The van der Waals surface area contributed by atoms with Gasteiger partial charge < -0.3 is 0 Å². The molecule has 0 aliphatic carbocycles. The number of ketones is 1. The Hall–Kier alpha value is -0.680. The second-order valence-corrected chi connectivity index (χ2v) is 4.49. The molecule has 1 aromatic carbocycles. The normalized spacial score (nSPS) is 12.4. The van der Waals surface area contributed by atoms with Crippen LogP contribution in [0.15, 0.2) is 30.3 Å². The molecule has 0 radical (unpaired) electrons. The van der Waals surface area contributed by atoms with Crippen molar-refractivity contribution in [1.82, 2.24) is 0 Å². The third kappa shape index (κ3) is 4.57. The van der Waals surface area contributed by atoms with Gasteiger partial charge in [0.05, 0.1) is 0 Å². The zero-order chi connectivity index (χ0) is 11.1. The van der Waals surface area contributed by atoms with Crippen molar-refractivity contribution in [2.24, 2.45) is 5.92 Å². The van der Waals surface area contributed by atoms with Crippen molar-refractivity contribution in [1.29, 1.82) is 0 Å². The molecule has 2 unspecified atom stereocenters. The Morgan fingerprint density at radius 1 is 1.27 bits per heavy atom. The maximum Gasteiger partial charge on any atom is 0.132 e. The number of carbonyl (C=O) groups is 1. The van der Waals surface area contributed by atoms with E-state index in [-0.39, 0.29) is 5.92 Å². The van der Waals surface area contributed by atoms with E-state index in [4.69, 9.17) is 0 Å². The van der Waals surface area contributed by atoms with E-state index < -0.39 is 0 Å². The lowest BCUT2D eigenvalue weighted by Crippen LogP contribution is -2.12. The molecule has 0 spiro atoms. The van der Waals surface area contributed by atoms with Gasteiger partial charge in [-0.3, -0.25) is 4.79 Å². The quantitative estimate of drug-likeness (QED) is 0.676. The zero-order valence-electron chi connectivity index (χ0n) is 9.28. The summed E-state index contributed by atoms with van der Waals surface area (Å²) >= 11 is 0. The summed E-state index contributed by atoms with van der Waals surface area (Å²) < 4.78 is 0. The molecule has 2 atom stereocenters. The van der Waals surface area contributed by atoms with Gasteiger partial charge in [0.25, 0.3) is 0 Å². The average molecular weight is 222 g/mol. The molecule has 1 nitrogen and oxygen atoms in total. The SMILES string of the molecule is CC(=O)C(CCP)CCc1ccccc1. The molecule has 2 heteroatoms. The van der Waals surface area contributed by atoms with Crippen LogP contribution in [0.1, 0.15) is 25.3 Å². The van der Waals surface area contributed by atoms with Gasteiger partial charge in [0.15, 0.2) is 0 Å². The van der Waals surface area contributed by atoms with Crippen molar-refractivity contribution in [3.8, 4) is 0 Å². The Morgan fingerprint density at radius 2 is 1.93 bits per heavy atom. The Kier molecular flexibility index (Phi) is 5.57. The monoisotopic (exact) mass is 222 g/mol. The highest BCUT2D eigenvalue weighted by Crippen LogP contribution is 2.15. The maximum absolute atomic E-state index is 11.3. The van der Waals surface area contributed by atoms with Gasteiger partial charge in [-0.1, -0.05) is 30.3 Å². The lowest BCUT2D eigenvalue weighted by Gasteiger charge is -2.12. The highest BCUT2D eigenvalue weighted by Gasteiger charge is 2.12. The molecule has 1 aromatic rings. The maximum atomic E-state index is 11.3. The van der Waals surface area contributed by atoms with Gasteiger partial charge in [-0.25, -0.2) is 0 Å². The molecule has 82 valence electrons. The van der Waals surface area contributed by atoms with Crippen LogP contribution in [0.25, 0.3) is 0 Å². The van der Waals surface area contributed by atoms with Gasteiger partial charge >= 0.3 is 0 Å². The Balaban J connectivity index is 2.43. The van der Waals surface area contributed by atoms with E-state index >= 15 is 0 Å². The third-order valence-corrected chi connectivity index (χ3v) is 3.05. The summed E-state index contributed by atoms with van der Waals surface area (Å²) in [4.78, 5) is 11.3. The summed E-state index contributed by atoms with van der Waals surface area (Å²) in [6.07, 6.45) is 4.00. The topological polar surface area (TPSA) is 17.1 Å². The first-order valence-electron chi connectivity index (χ1n) is 5.48. The third-order valence-electron chi connectivity index (χ3n) is 2.71. The lowest BCUT2D eigenvalue weighted by molar-refractivity contribution is -0.120. The molecule has 15 heavy (non-hydrogen) atoms. The summed E-state index contributed by atoms with van der Waals surface area (Å²) in [6, 6.07) is 10.4. The molecule has 0 bridgehead atoms. The first-order chi connectivity index (χ1) is 7.24. The molecule has 0 aliphatic rings. The Morgan fingerprint density at radius 3 is 2.47 bits per heavy atom. The van der Waals surface area contributed by atoms with Crippen LogP contribution in [0.4, 0.5) is 0 Å². The number of hydrogen-bond donors (Lipinski definition) is 0. The molecule has 0 aromatic heterocycles. The Labute approximate surface area is 94.5 Å². The number of rotatable bonds is 6. The molecule has 1 rings (SSSR count). The number of aryl methyl sites for hydroxylation is 1. The zero-order valence-corrected chi connectivity index (χ0v) is 10.4. The van der Waals surface area contributed by atoms with Crippen LogP contribution in [-0.2, 0) is 11.2 Å². The van der Waals surface area contributed by atoms with Gasteiger partial charge in [0.2, 0.25) is 0 Å². The minimum absolute atomic E-state index is 0.239. The van der Waals surface area contributed by atoms with Crippen LogP contribution in [-0.4, -0.2) is 11.9 Å². The summed E-state index contributed by atoms with van der Waals surface area (Å²) in [5.41, 5.74) is 1.33. The lowest BCUT2D eigenvalue weighted by atomic mass is 9.94. The van der Waals surface area contributed by atoms with Crippen molar-refractivity contribution < 1.29 is 4.79 Å². The van der Waals surface area contributed by atoms with Crippen LogP contribution >= 0.6 is 9.24 Å². The predicted molar refractivity (Wildman–Crippen MR) is 68.1 cm³/mol. The standard InChI is InChI=1S/C13H19OP/c1-11(14)13(9-10-15)8-7-12-5-3-2-4-6-12/h2-6,13H,7-10,15H2,1H3. The number of carbonyl (C=O) groups excluding carboxylic acids is 1. The van der Waals surface area contributed by atoms with Crippen LogP contribution in [0, 0.1) is 5.92 Å². The first kappa shape index (κ1) is 12.4. The highest BCUT2D eigenvalue weighted by molar-refractivity contribution is 7.16. The van der Waals surface area contributed by atoms with E-state index in [1.165, 1.54) is 5.56 Å². The van der Waals surface area contributed by atoms with E-state index in [9.17, 15) is 4.79 Å². The highest BCUT2D eigenvalue weighted by atomic mass is 31.0. The Bertz CT molecular complexity index is 295. The molecule has 0 fully saturated rings. The molecular weight excluding hydrogens is 203 g/mol. The van der Waals surface area contributed by atoms with Gasteiger partial charge in [-0.2, -0.15) is 0 Å². The minimum atomic E-state index is 0.239. The van der Waals surface area contributed by atoms with E-state index in [2.05, 4.69) is 21.4 Å². The summed E-state index contributed by atoms with van der Waals surface area (Å²) in [5, 5.41) is 0. The van der Waals surface area contributed by atoms with E-state index in [0.29, 0.717) is 5.78 Å². The summed E-state index contributed by atoms with van der Waals surface area (Å²) in [6.45, 7) is 1.70. The number of hydrogen-bond acceptors (Lipinski definition) is 1. The first-order valence-corrected chi connectivity index (χ1v) is 6.30. The summed E-state index contributed by atoms with van der Waals surface area (Å²) in [5.74, 6) is 0.566. The van der Waals surface area contributed by atoms with Crippen molar-refractivity contribution in [2.75, 3.05) is 6.16 Å². The van der Waals surface area contributed by atoms with E-state index in [1.807, 2.05) is 18.2 Å². The van der Waals surface area contributed by atoms with Crippen molar-refractivity contribution >= 4 is 15.0 Å². The molecule has 0 heterocycles. The molecule has 0 amide bonds. The number of benzene rings is 1. The molecule has 0 saturated carbocycles. The average Bonchev–Trinajstić information content (AvgIpc) is 2.25.